The molecule has 3 atom stereocenters. The first-order valence-electron chi connectivity index (χ1n) is 18.5. The lowest BCUT2D eigenvalue weighted by Crippen LogP contribution is -2.55. The number of nitrogens with zero attached hydrogens (tertiary/aromatic N) is 7. The van der Waals surface area contributed by atoms with Gasteiger partial charge in [-0.15, -0.1) is 0 Å². The molecule has 4 aromatic rings. The Kier molecular flexibility index (Phi) is 10.7. The van der Waals surface area contributed by atoms with Crippen LogP contribution in [-0.2, 0) is 29.0 Å². The SMILES string of the molecule is CC(C)(C)OC(=O)N1C[C@H](F)C[C@@H]1COc1nc2c(c(N3CCN(C(=O)OCc4ccccc4)[C@H](CC#N)C3)n1)CCN(c1cccc3ccccc13)C2. The molecule has 2 fully saturated rings. The first-order valence-corrected chi connectivity index (χ1v) is 18.5. The smallest absolute Gasteiger partial charge is 0.410 e. The van der Waals surface area contributed by atoms with Crippen LogP contribution in [0.25, 0.3) is 10.8 Å². The van der Waals surface area contributed by atoms with E-state index in [0.717, 1.165) is 39.8 Å². The molecule has 0 spiro atoms. The van der Waals surface area contributed by atoms with Gasteiger partial charge in [-0.3, -0.25) is 4.90 Å². The van der Waals surface area contributed by atoms with Crippen LogP contribution < -0.4 is 14.5 Å². The highest BCUT2D eigenvalue weighted by Gasteiger charge is 2.39. The van der Waals surface area contributed by atoms with E-state index in [4.69, 9.17) is 24.2 Å². The second kappa shape index (κ2) is 15.8. The minimum Gasteiger partial charge on any atom is -0.461 e. The van der Waals surface area contributed by atoms with Gasteiger partial charge in [-0.2, -0.15) is 15.2 Å². The largest absolute Gasteiger partial charge is 0.461 e. The Balaban J connectivity index is 1.15. The molecule has 0 N–H and O–H groups in total. The maximum Gasteiger partial charge on any atom is 0.410 e. The molecule has 0 bridgehead atoms. The molecule has 282 valence electrons. The Morgan fingerprint density at radius 1 is 0.889 bits per heavy atom. The van der Waals surface area contributed by atoms with Crippen molar-refractivity contribution in [2.45, 2.75) is 77.0 Å². The minimum atomic E-state index is -1.20. The molecule has 3 aliphatic rings. The summed E-state index contributed by atoms with van der Waals surface area (Å²) in [5, 5.41) is 12.1. The van der Waals surface area contributed by atoms with Gasteiger partial charge in [-0.05, 0) is 44.2 Å². The van der Waals surface area contributed by atoms with Crippen LogP contribution in [0.4, 0.5) is 25.5 Å². The topological polar surface area (TPSA) is 124 Å². The van der Waals surface area contributed by atoms with Crippen molar-refractivity contribution in [2.75, 3.05) is 49.1 Å². The average molecular weight is 736 g/mol. The third kappa shape index (κ3) is 8.28. The number of aromatic nitrogens is 2. The lowest BCUT2D eigenvalue weighted by atomic mass is 10.0. The van der Waals surface area contributed by atoms with E-state index in [1.165, 1.54) is 4.90 Å². The molecule has 7 rings (SSSR count). The van der Waals surface area contributed by atoms with Gasteiger partial charge in [-0.1, -0.05) is 66.7 Å². The summed E-state index contributed by atoms with van der Waals surface area (Å²) in [6, 6.07) is 25.4. The van der Waals surface area contributed by atoms with Crippen LogP contribution in [-0.4, -0.2) is 95.1 Å². The van der Waals surface area contributed by atoms with Crippen molar-refractivity contribution >= 4 is 34.5 Å². The Labute approximate surface area is 315 Å². The molecule has 3 aliphatic heterocycles. The number of carbonyl (C=O) groups is 2. The van der Waals surface area contributed by atoms with E-state index < -0.39 is 36.0 Å². The normalized spacial score (nSPS) is 20.0. The molecule has 12 nitrogen and oxygen atoms in total. The number of halogens is 1. The van der Waals surface area contributed by atoms with Gasteiger partial charge in [0.25, 0.3) is 0 Å². The van der Waals surface area contributed by atoms with Crippen molar-refractivity contribution in [3.8, 4) is 12.1 Å². The van der Waals surface area contributed by atoms with Crippen LogP contribution in [0.5, 0.6) is 6.01 Å². The fraction of sp³-hybridized carbons (Fsp3) is 0.439. The number of piperazine rings is 1. The van der Waals surface area contributed by atoms with Crippen LogP contribution in [0.2, 0.25) is 0 Å². The number of ether oxygens (including phenoxy) is 3. The van der Waals surface area contributed by atoms with E-state index in [0.29, 0.717) is 38.4 Å². The highest BCUT2D eigenvalue weighted by molar-refractivity contribution is 5.94. The van der Waals surface area contributed by atoms with Crippen LogP contribution in [0.1, 0.15) is 50.4 Å². The molecule has 3 aromatic carbocycles. The lowest BCUT2D eigenvalue weighted by Gasteiger charge is -2.42. The van der Waals surface area contributed by atoms with Gasteiger partial charge in [0, 0.05) is 49.2 Å². The molecule has 0 aliphatic carbocycles. The lowest BCUT2D eigenvalue weighted by molar-refractivity contribution is 0.0177. The summed E-state index contributed by atoms with van der Waals surface area (Å²) in [4.78, 5) is 43.6. The van der Waals surface area contributed by atoms with E-state index in [-0.39, 0.29) is 38.6 Å². The highest BCUT2D eigenvalue weighted by Crippen LogP contribution is 2.35. The predicted octanol–water partition coefficient (Wildman–Crippen LogP) is 6.66. The number of benzene rings is 3. The van der Waals surface area contributed by atoms with Crippen molar-refractivity contribution in [1.82, 2.24) is 19.8 Å². The molecule has 2 amide bonds. The third-order valence-corrected chi connectivity index (χ3v) is 10.1. The number of alkyl halides is 1. The van der Waals surface area contributed by atoms with Gasteiger partial charge in [0.2, 0.25) is 0 Å². The quantitative estimate of drug-likeness (QED) is 0.194. The maximum absolute atomic E-state index is 14.7. The summed E-state index contributed by atoms with van der Waals surface area (Å²) in [5.74, 6) is 0.687. The number of hydrogen-bond donors (Lipinski definition) is 0. The van der Waals surface area contributed by atoms with Gasteiger partial charge < -0.3 is 28.9 Å². The van der Waals surface area contributed by atoms with E-state index in [1.807, 2.05) is 42.5 Å². The summed E-state index contributed by atoms with van der Waals surface area (Å²) in [6.45, 7) is 7.77. The summed E-state index contributed by atoms with van der Waals surface area (Å²) >= 11 is 0. The number of anilines is 2. The molecule has 0 radical (unpaired) electrons. The number of nitriles is 1. The zero-order valence-electron chi connectivity index (χ0n) is 31.0. The van der Waals surface area contributed by atoms with Crippen molar-refractivity contribution < 1.29 is 28.2 Å². The monoisotopic (exact) mass is 735 g/mol. The van der Waals surface area contributed by atoms with E-state index in [9.17, 15) is 19.2 Å². The van der Waals surface area contributed by atoms with Crippen LogP contribution in [0.3, 0.4) is 0 Å². The molecule has 54 heavy (non-hydrogen) atoms. The fourth-order valence-electron chi connectivity index (χ4n) is 7.51. The summed E-state index contributed by atoms with van der Waals surface area (Å²) in [6.07, 6.45) is -1.35. The second-order valence-corrected chi connectivity index (χ2v) is 15.1. The van der Waals surface area contributed by atoms with E-state index in [1.54, 1.807) is 25.7 Å². The van der Waals surface area contributed by atoms with Crippen molar-refractivity contribution in [1.29, 1.82) is 5.26 Å². The van der Waals surface area contributed by atoms with Gasteiger partial charge in [0.05, 0.1) is 43.4 Å². The van der Waals surface area contributed by atoms with Crippen molar-refractivity contribution in [2.24, 2.45) is 0 Å². The minimum absolute atomic E-state index is 0.0109. The number of likely N-dealkylation sites (tertiary alicyclic amines) is 1. The molecule has 4 heterocycles. The van der Waals surface area contributed by atoms with Crippen molar-refractivity contribution in [3.63, 3.8) is 0 Å². The van der Waals surface area contributed by atoms with E-state index in [2.05, 4.69) is 46.2 Å². The standard InChI is InChI=1S/C41H46FN7O5/c1-41(2,3)54-40(51)49-23-30(42)22-32(49)27-52-38-44-35-25-46(36-15-9-13-29-12-7-8-14-33(29)36)19-17-34(35)37(45-38)47-20-21-48(31(24-47)16-18-43)39(50)53-26-28-10-5-4-6-11-28/h4-15,30-32H,16-17,19-27H2,1-3H3/t30-,31-,32-/m1/s1. The number of amides is 2. The summed E-state index contributed by atoms with van der Waals surface area (Å²) in [5.41, 5.74) is 3.04. The average Bonchev–Trinajstić information content (AvgIpc) is 3.55. The summed E-state index contributed by atoms with van der Waals surface area (Å²) < 4.78 is 32.2. The van der Waals surface area contributed by atoms with Gasteiger partial charge in [0.1, 0.15) is 30.8 Å². The summed E-state index contributed by atoms with van der Waals surface area (Å²) in [7, 11) is 0. The van der Waals surface area contributed by atoms with Gasteiger partial charge in [0.15, 0.2) is 0 Å². The third-order valence-electron chi connectivity index (χ3n) is 10.1. The first kappa shape index (κ1) is 36.7. The molecule has 0 unspecified atom stereocenters. The fourth-order valence-corrected chi connectivity index (χ4v) is 7.51. The number of rotatable bonds is 8. The Morgan fingerprint density at radius 2 is 1.67 bits per heavy atom. The molecule has 2 saturated heterocycles. The Bertz CT molecular complexity index is 2010. The van der Waals surface area contributed by atoms with Gasteiger partial charge in [-0.25, -0.2) is 14.0 Å². The predicted molar refractivity (Wildman–Crippen MR) is 202 cm³/mol. The molecular weight excluding hydrogens is 689 g/mol. The number of hydrogen-bond acceptors (Lipinski definition) is 10. The van der Waals surface area contributed by atoms with Crippen LogP contribution >= 0.6 is 0 Å². The highest BCUT2D eigenvalue weighted by atomic mass is 19.1. The molecular formula is C41H46FN7O5. The first-order chi connectivity index (χ1) is 26.1. The van der Waals surface area contributed by atoms with Crippen molar-refractivity contribution in [3.05, 3.63) is 89.6 Å². The number of carbonyl (C=O) groups excluding carboxylic acids is 2. The van der Waals surface area contributed by atoms with E-state index >= 15 is 0 Å². The van der Waals surface area contributed by atoms with Crippen LogP contribution in [0.15, 0.2) is 72.8 Å². The van der Waals surface area contributed by atoms with Crippen LogP contribution in [0, 0.1) is 11.3 Å². The maximum atomic E-state index is 14.7. The number of fused-ring (bicyclic) bond motifs is 2. The second-order valence-electron chi connectivity index (χ2n) is 15.1. The Hall–Kier alpha value is -5.64. The van der Waals surface area contributed by atoms with Gasteiger partial charge >= 0.3 is 18.2 Å². The zero-order valence-corrected chi connectivity index (χ0v) is 31.0. The molecule has 13 heteroatoms. The molecule has 0 saturated carbocycles. The molecule has 1 aromatic heterocycles. The zero-order chi connectivity index (χ0) is 37.8. The Morgan fingerprint density at radius 3 is 2.46 bits per heavy atom.